The van der Waals surface area contributed by atoms with Crippen molar-refractivity contribution in [2.75, 3.05) is 17.2 Å². The van der Waals surface area contributed by atoms with Gasteiger partial charge in [-0.15, -0.1) is 0 Å². The molecule has 2 N–H and O–H groups in total. The van der Waals surface area contributed by atoms with E-state index in [0.717, 1.165) is 37.6 Å². The van der Waals surface area contributed by atoms with E-state index in [1.807, 2.05) is 11.6 Å². The van der Waals surface area contributed by atoms with Crippen molar-refractivity contribution in [3.8, 4) is 5.75 Å². The van der Waals surface area contributed by atoms with Crippen LogP contribution in [-0.2, 0) is 6.18 Å². The number of halogens is 3. The summed E-state index contributed by atoms with van der Waals surface area (Å²) in [5, 5.41) is 10.5. The van der Waals surface area contributed by atoms with Crippen molar-refractivity contribution in [3.63, 3.8) is 0 Å². The van der Waals surface area contributed by atoms with Gasteiger partial charge in [-0.2, -0.15) is 23.3 Å². The van der Waals surface area contributed by atoms with Gasteiger partial charge in [0.2, 0.25) is 5.95 Å². The Morgan fingerprint density at radius 2 is 2.04 bits per heavy atom. The van der Waals surface area contributed by atoms with Crippen molar-refractivity contribution in [2.45, 2.75) is 50.9 Å². The molecule has 2 atom stereocenters. The van der Waals surface area contributed by atoms with E-state index >= 15 is 0 Å². The Labute approximate surface area is 153 Å². The number of fused-ring (bicyclic) bond motifs is 4. The van der Waals surface area contributed by atoms with E-state index in [1.165, 1.54) is 0 Å². The van der Waals surface area contributed by atoms with E-state index in [-0.39, 0.29) is 29.8 Å². The highest BCUT2D eigenvalue weighted by molar-refractivity contribution is 5.62. The molecule has 2 saturated carbocycles. The molecule has 3 aliphatic rings. The van der Waals surface area contributed by atoms with E-state index in [2.05, 4.69) is 25.7 Å². The zero-order valence-corrected chi connectivity index (χ0v) is 14.7. The van der Waals surface area contributed by atoms with Gasteiger partial charge in [0.15, 0.2) is 11.6 Å². The SMILES string of the molecule is Cc1nn(C2CC2)c2c1OC1CCC1CNc1nc(ncc1C(F)(F)F)N2. The molecular formula is C17H19F3N6O. The van der Waals surface area contributed by atoms with Crippen molar-refractivity contribution in [1.29, 1.82) is 0 Å². The molecule has 0 aromatic carbocycles. The Hall–Kier alpha value is -2.52. The molecule has 0 saturated heterocycles. The van der Waals surface area contributed by atoms with Crippen LogP contribution in [0.3, 0.4) is 0 Å². The third kappa shape index (κ3) is 2.87. The van der Waals surface area contributed by atoms with Gasteiger partial charge in [-0.05, 0) is 32.6 Å². The number of alkyl halides is 3. The number of hydrogen-bond acceptors (Lipinski definition) is 6. The maximum atomic E-state index is 13.3. The molecule has 1 aliphatic heterocycles. The Kier molecular flexibility index (Phi) is 3.54. The van der Waals surface area contributed by atoms with Crippen LogP contribution in [0.2, 0.25) is 0 Å². The summed E-state index contributed by atoms with van der Waals surface area (Å²) in [7, 11) is 0. The molecule has 5 rings (SSSR count). The lowest BCUT2D eigenvalue weighted by molar-refractivity contribution is -0.137. The minimum Gasteiger partial charge on any atom is -0.484 e. The van der Waals surface area contributed by atoms with Gasteiger partial charge in [-0.1, -0.05) is 0 Å². The predicted molar refractivity (Wildman–Crippen MR) is 91.2 cm³/mol. The summed E-state index contributed by atoms with van der Waals surface area (Å²) in [5.41, 5.74) is -0.106. The quantitative estimate of drug-likeness (QED) is 0.786. The highest BCUT2D eigenvalue weighted by Gasteiger charge is 2.39. The number of anilines is 3. The fourth-order valence-electron chi connectivity index (χ4n) is 3.57. The number of aryl methyl sites for hydroxylation is 1. The van der Waals surface area contributed by atoms with Crippen molar-refractivity contribution >= 4 is 17.6 Å². The number of ether oxygens (including phenoxy) is 1. The lowest BCUT2D eigenvalue weighted by Crippen LogP contribution is -2.41. The van der Waals surface area contributed by atoms with Crippen molar-refractivity contribution in [3.05, 3.63) is 17.5 Å². The van der Waals surface area contributed by atoms with Crippen LogP contribution in [-0.4, -0.2) is 32.4 Å². The van der Waals surface area contributed by atoms with Gasteiger partial charge >= 0.3 is 6.18 Å². The fraction of sp³-hybridized carbons (Fsp3) is 0.588. The van der Waals surface area contributed by atoms with Crippen molar-refractivity contribution < 1.29 is 17.9 Å². The highest BCUT2D eigenvalue weighted by Crippen LogP contribution is 2.44. The molecule has 144 valence electrons. The van der Waals surface area contributed by atoms with Gasteiger partial charge in [-0.25, -0.2) is 9.67 Å². The lowest BCUT2D eigenvalue weighted by Gasteiger charge is -2.36. The number of rotatable bonds is 1. The van der Waals surface area contributed by atoms with Gasteiger partial charge < -0.3 is 15.4 Å². The summed E-state index contributed by atoms with van der Waals surface area (Å²) < 4.78 is 48.0. The monoisotopic (exact) mass is 380 g/mol. The smallest absolute Gasteiger partial charge is 0.421 e. The first-order valence-electron chi connectivity index (χ1n) is 9.11. The first-order chi connectivity index (χ1) is 12.9. The Balaban J connectivity index is 1.61. The largest absolute Gasteiger partial charge is 0.484 e. The van der Waals surface area contributed by atoms with Crippen LogP contribution in [0.15, 0.2) is 6.20 Å². The van der Waals surface area contributed by atoms with E-state index in [0.29, 0.717) is 18.1 Å². The summed E-state index contributed by atoms with van der Waals surface area (Å²) in [6, 6.07) is 0.276. The average Bonchev–Trinajstić information content (AvgIpc) is 3.37. The van der Waals surface area contributed by atoms with Gasteiger partial charge in [0, 0.05) is 18.7 Å². The molecule has 10 heteroatoms. The molecule has 2 bridgehead atoms. The van der Waals surface area contributed by atoms with E-state index in [4.69, 9.17) is 4.74 Å². The molecule has 2 unspecified atom stereocenters. The topological polar surface area (TPSA) is 76.9 Å². The van der Waals surface area contributed by atoms with Crippen LogP contribution in [0.4, 0.5) is 30.8 Å². The molecule has 27 heavy (non-hydrogen) atoms. The summed E-state index contributed by atoms with van der Waals surface area (Å²) >= 11 is 0. The molecule has 3 heterocycles. The first-order valence-corrected chi connectivity index (χ1v) is 9.11. The molecule has 7 nitrogen and oxygen atoms in total. The second-order valence-corrected chi connectivity index (χ2v) is 7.39. The first kappa shape index (κ1) is 16.6. The fourth-order valence-corrected chi connectivity index (χ4v) is 3.57. The van der Waals surface area contributed by atoms with E-state index < -0.39 is 11.7 Å². The summed E-state index contributed by atoms with van der Waals surface area (Å²) in [6.45, 7) is 2.25. The summed E-state index contributed by atoms with van der Waals surface area (Å²) in [6.07, 6.45) is 0.0503. The van der Waals surface area contributed by atoms with E-state index in [9.17, 15) is 13.2 Å². The zero-order valence-electron chi connectivity index (χ0n) is 14.7. The Morgan fingerprint density at radius 3 is 2.70 bits per heavy atom. The minimum absolute atomic E-state index is 0.0487. The van der Waals surface area contributed by atoms with Gasteiger partial charge in [0.1, 0.15) is 23.2 Å². The minimum atomic E-state index is -4.52. The van der Waals surface area contributed by atoms with Gasteiger partial charge in [0.05, 0.1) is 6.04 Å². The molecule has 2 fully saturated rings. The Bertz CT molecular complexity index is 892. The van der Waals surface area contributed by atoms with Crippen LogP contribution < -0.4 is 15.4 Å². The van der Waals surface area contributed by atoms with Crippen LogP contribution in [0.5, 0.6) is 5.75 Å². The average molecular weight is 380 g/mol. The molecule has 2 aromatic rings. The number of nitrogens with one attached hydrogen (secondary N) is 2. The number of hydrogen-bond donors (Lipinski definition) is 2. The summed E-state index contributed by atoms with van der Waals surface area (Å²) in [5.74, 6) is 1.27. The maximum Gasteiger partial charge on any atom is 0.421 e. The van der Waals surface area contributed by atoms with Crippen LogP contribution in [0.1, 0.15) is 43.0 Å². The molecular weight excluding hydrogens is 361 g/mol. The third-order valence-electron chi connectivity index (χ3n) is 5.40. The lowest BCUT2D eigenvalue weighted by atomic mass is 9.81. The second kappa shape index (κ2) is 5.74. The molecule has 2 aromatic heterocycles. The standard InChI is InChI=1S/C17H19F3N6O/c1-8-13-15(26(25-8)10-3-4-10)24-16-22-7-11(17(18,19)20)14(23-16)21-6-9-2-5-12(9)27-13/h7,9-10,12H,2-6H2,1H3,(H2,21,22,23,24). The van der Waals surface area contributed by atoms with Gasteiger partial charge in [-0.3, -0.25) is 0 Å². The molecule has 0 spiro atoms. The number of aromatic nitrogens is 4. The van der Waals surface area contributed by atoms with Crippen molar-refractivity contribution in [2.24, 2.45) is 5.92 Å². The van der Waals surface area contributed by atoms with Crippen LogP contribution in [0, 0.1) is 12.8 Å². The zero-order chi connectivity index (χ0) is 18.8. The normalized spacial score (nSPS) is 24.3. The van der Waals surface area contributed by atoms with E-state index in [1.54, 1.807) is 0 Å². The Morgan fingerprint density at radius 1 is 1.22 bits per heavy atom. The van der Waals surface area contributed by atoms with Crippen LogP contribution >= 0.6 is 0 Å². The molecule has 2 aliphatic carbocycles. The predicted octanol–water partition coefficient (Wildman–Crippen LogP) is 3.66. The number of nitrogens with zero attached hydrogens (tertiary/aromatic N) is 4. The van der Waals surface area contributed by atoms with Crippen LogP contribution in [0.25, 0.3) is 0 Å². The molecule has 0 radical (unpaired) electrons. The second-order valence-electron chi connectivity index (χ2n) is 7.39. The third-order valence-corrected chi connectivity index (χ3v) is 5.40. The van der Waals surface area contributed by atoms with Crippen molar-refractivity contribution in [1.82, 2.24) is 19.7 Å². The maximum absolute atomic E-state index is 13.3. The summed E-state index contributed by atoms with van der Waals surface area (Å²) in [4.78, 5) is 7.99. The highest BCUT2D eigenvalue weighted by atomic mass is 19.4. The molecule has 0 amide bonds. The van der Waals surface area contributed by atoms with Gasteiger partial charge in [0.25, 0.3) is 0 Å².